The smallest absolute Gasteiger partial charge is 0.315 e. The monoisotopic (exact) mass is 299 g/mol. The van der Waals surface area contributed by atoms with Crippen LogP contribution in [0.15, 0.2) is 40.9 Å². The van der Waals surface area contributed by atoms with E-state index in [2.05, 4.69) is 27.9 Å². The molecule has 0 spiro atoms. The zero-order valence-corrected chi connectivity index (χ0v) is 12.7. The van der Waals surface area contributed by atoms with E-state index in [9.17, 15) is 4.79 Å². The van der Waals surface area contributed by atoms with E-state index in [4.69, 9.17) is 4.52 Å². The average molecular weight is 299 g/mol. The number of benzene rings is 1. The van der Waals surface area contributed by atoms with Gasteiger partial charge in [0.2, 0.25) is 0 Å². The molecule has 1 atom stereocenters. The fraction of sp³-hybridized carbons (Fsp3) is 0.412. The van der Waals surface area contributed by atoms with Gasteiger partial charge in [-0.05, 0) is 31.2 Å². The van der Waals surface area contributed by atoms with Gasteiger partial charge in [0, 0.05) is 6.07 Å². The lowest BCUT2D eigenvalue weighted by Gasteiger charge is -2.34. The molecule has 0 bridgehead atoms. The molecule has 0 aliphatic heterocycles. The van der Waals surface area contributed by atoms with Gasteiger partial charge in [0.15, 0.2) is 0 Å². The summed E-state index contributed by atoms with van der Waals surface area (Å²) in [6.07, 6.45) is 3.58. The molecular weight excluding hydrogens is 278 g/mol. The van der Waals surface area contributed by atoms with Crippen LogP contribution in [0, 0.1) is 12.8 Å². The molecule has 5 heteroatoms. The fourth-order valence-electron chi connectivity index (χ4n) is 2.77. The van der Waals surface area contributed by atoms with Crippen molar-refractivity contribution in [3.8, 4) is 0 Å². The second kappa shape index (κ2) is 6.64. The summed E-state index contributed by atoms with van der Waals surface area (Å²) in [5, 5.41) is 9.82. The van der Waals surface area contributed by atoms with Crippen LogP contribution in [0.3, 0.4) is 0 Å². The summed E-state index contributed by atoms with van der Waals surface area (Å²) < 4.78 is 4.99. The first-order valence-electron chi connectivity index (χ1n) is 7.74. The number of carbonyl (C=O) groups is 1. The molecule has 1 aromatic carbocycles. The van der Waals surface area contributed by atoms with Gasteiger partial charge in [-0.2, -0.15) is 0 Å². The molecule has 22 heavy (non-hydrogen) atoms. The zero-order valence-electron chi connectivity index (χ0n) is 12.7. The highest BCUT2D eigenvalue weighted by Crippen LogP contribution is 2.37. The van der Waals surface area contributed by atoms with Crippen molar-refractivity contribution in [3.63, 3.8) is 0 Å². The van der Waals surface area contributed by atoms with E-state index in [1.165, 1.54) is 24.8 Å². The number of aryl methyl sites for hydroxylation is 1. The topological polar surface area (TPSA) is 67.2 Å². The molecule has 2 N–H and O–H groups in total. The molecule has 2 amide bonds. The van der Waals surface area contributed by atoms with E-state index in [0.29, 0.717) is 12.5 Å². The van der Waals surface area contributed by atoms with Crippen LogP contribution in [0.2, 0.25) is 0 Å². The van der Waals surface area contributed by atoms with Crippen LogP contribution < -0.4 is 10.6 Å². The van der Waals surface area contributed by atoms with Gasteiger partial charge >= 0.3 is 6.03 Å². The Balaban J connectivity index is 1.59. The maximum atomic E-state index is 12.2. The van der Waals surface area contributed by atoms with Crippen molar-refractivity contribution in [2.24, 2.45) is 5.92 Å². The number of carbonyl (C=O) groups excluding carboxylic acids is 1. The highest BCUT2D eigenvalue weighted by atomic mass is 16.5. The Morgan fingerprint density at radius 1 is 1.36 bits per heavy atom. The number of aromatic nitrogens is 1. The van der Waals surface area contributed by atoms with Crippen LogP contribution in [0.4, 0.5) is 4.79 Å². The standard InChI is InChI=1S/C17H21N3O2/c1-12-10-15(20-22-12)11-18-17(21)19-16(14-8-5-9-14)13-6-3-2-4-7-13/h2-4,6-7,10,14,16H,5,8-9,11H2,1H3,(H2,18,19,21). The summed E-state index contributed by atoms with van der Waals surface area (Å²) in [6.45, 7) is 2.20. The van der Waals surface area contributed by atoms with Crippen molar-refractivity contribution >= 4 is 6.03 Å². The number of hydrogen-bond acceptors (Lipinski definition) is 3. The SMILES string of the molecule is Cc1cc(CNC(=O)NC(c2ccccc2)C2CCC2)no1. The van der Waals surface area contributed by atoms with Gasteiger partial charge in [0.25, 0.3) is 0 Å². The lowest BCUT2D eigenvalue weighted by molar-refractivity contribution is 0.207. The molecule has 0 radical (unpaired) electrons. The van der Waals surface area contributed by atoms with Gasteiger partial charge in [-0.3, -0.25) is 0 Å². The first kappa shape index (κ1) is 14.6. The molecule has 116 valence electrons. The molecule has 1 saturated carbocycles. The second-order valence-corrected chi connectivity index (χ2v) is 5.84. The second-order valence-electron chi connectivity index (χ2n) is 5.84. The van der Waals surface area contributed by atoms with E-state index < -0.39 is 0 Å². The molecular formula is C17H21N3O2. The number of hydrogen-bond donors (Lipinski definition) is 2. The van der Waals surface area contributed by atoms with Gasteiger partial charge in [0.1, 0.15) is 11.5 Å². The third-order valence-corrected chi connectivity index (χ3v) is 4.17. The molecule has 1 aromatic heterocycles. The summed E-state index contributed by atoms with van der Waals surface area (Å²) in [4.78, 5) is 12.2. The Labute approximate surface area is 130 Å². The first-order chi connectivity index (χ1) is 10.7. The first-order valence-corrected chi connectivity index (χ1v) is 7.74. The zero-order chi connectivity index (χ0) is 15.4. The normalized spacial score (nSPS) is 15.9. The Morgan fingerprint density at radius 2 is 2.14 bits per heavy atom. The maximum absolute atomic E-state index is 12.2. The lowest BCUT2D eigenvalue weighted by atomic mass is 9.77. The minimum atomic E-state index is -0.165. The van der Waals surface area contributed by atoms with Crippen molar-refractivity contribution in [2.45, 2.75) is 38.8 Å². The number of urea groups is 1. The lowest BCUT2D eigenvalue weighted by Crippen LogP contribution is -2.41. The Morgan fingerprint density at radius 3 is 2.73 bits per heavy atom. The van der Waals surface area contributed by atoms with E-state index in [1.54, 1.807) is 0 Å². The van der Waals surface area contributed by atoms with E-state index in [-0.39, 0.29) is 12.1 Å². The van der Waals surface area contributed by atoms with E-state index >= 15 is 0 Å². The highest BCUT2D eigenvalue weighted by molar-refractivity contribution is 5.74. The number of nitrogens with one attached hydrogen (secondary N) is 2. The van der Waals surface area contributed by atoms with Crippen molar-refractivity contribution in [2.75, 3.05) is 0 Å². The fourth-order valence-corrected chi connectivity index (χ4v) is 2.77. The molecule has 1 unspecified atom stereocenters. The quantitative estimate of drug-likeness (QED) is 0.890. The van der Waals surface area contributed by atoms with Crippen LogP contribution in [0.1, 0.15) is 42.3 Å². The summed E-state index contributed by atoms with van der Waals surface area (Å²) in [7, 11) is 0. The minimum absolute atomic E-state index is 0.0778. The van der Waals surface area contributed by atoms with E-state index in [1.807, 2.05) is 31.2 Å². The van der Waals surface area contributed by atoms with Gasteiger partial charge in [-0.1, -0.05) is 41.9 Å². The molecule has 1 aliphatic rings. The molecule has 1 aliphatic carbocycles. The Bertz CT molecular complexity index is 620. The number of amides is 2. The van der Waals surface area contributed by atoms with Crippen LogP contribution in [0.25, 0.3) is 0 Å². The number of nitrogens with zero attached hydrogens (tertiary/aromatic N) is 1. The van der Waals surface area contributed by atoms with Crippen molar-refractivity contribution < 1.29 is 9.32 Å². The molecule has 1 heterocycles. The molecule has 3 rings (SSSR count). The van der Waals surface area contributed by atoms with Crippen LogP contribution in [-0.2, 0) is 6.54 Å². The summed E-state index contributed by atoms with van der Waals surface area (Å²) in [5.74, 6) is 1.27. The Kier molecular flexibility index (Phi) is 4.42. The van der Waals surface area contributed by atoms with Crippen LogP contribution in [0.5, 0.6) is 0 Å². The summed E-state index contributed by atoms with van der Waals surface area (Å²) in [6, 6.07) is 11.9. The van der Waals surface area contributed by atoms with Crippen molar-refractivity contribution in [1.29, 1.82) is 0 Å². The molecule has 5 nitrogen and oxygen atoms in total. The van der Waals surface area contributed by atoms with E-state index in [0.717, 1.165) is 11.5 Å². The Hall–Kier alpha value is -2.30. The minimum Gasteiger partial charge on any atom is -0.361 e. The van der Waals surface area contributed by atoms with Gasteiger partial charge < -0.3 is 15.2 Å². The summed E-state index contributed by atoms with van der Waals surface area (Å²) >= 11 is 0. The predicted molar refractivity (Wildman–Crippen MR) is 83.1 cm³/mol. The van der Waals surface area contributed by atoms with Gasteiger partial charge in [0.05, 0.1) is 12.6 Å². The molecule has 1 fully saturated rings. The maximum Gasteiger partial charge on any atom is 0.315 e. The largest absolute Gasteiger partial charge is 0.361 e. The van der Waals surface area contributed by atoms with Crippen LogP contribution in [-0.4, -0.2) is 11.2 Å². The van der Waals surface area contributed by atoms with Gasteiger partial charge in [-0.25, -0.2) is 4.79 Å². The molecule has 0 saturated heterocycles. The predicted octanol–water partition coefficient (Wildman–Crippen LogP) is 3.32. The third-order valence-electron chi connectivity index (χ3n) is 4.17. The van der Waals surface area contributed by atoms with Crippen LogP contribution >= 0.6 is 0 Å². The van der Waals surface area contributed by atoms with Crippen molar-refractivity contribution in [1.82, 2.24) is 15.8 Å². The third kappa shape index (κ3) is 3.47. The molecule has 2 aromatic rings. The summed E-state index contributed by atoms with van der Waals surface area (Å²) in [5.41, 5.74) is 1.90. The number of rotatable bonds is 5. The highest BCUT2D eigenvalue weighted by Gasteiger charge is 2.29. The van der Waals surface area contributed by atoms with Gasteiger partial charge in [-0.15, -0.1) is 0 Å². The van der Waals surface area contributed by atoms with Crippen molar-refractivity contribution in [3.05, 3.63) is 53.4 Å². The average Bonchev–Trinajstić information content (AvgIpc) is 2.89.